The molecule has 0 unspecified atom stereocenters. The number of nitriles is 2. The molecule has 0 radical (unpaired) electrons. The van der Waals surface area contributed by atoms with Crippen molar-refractivity contribution in [1.29, 1.82) is 10.5 Å². The van der Waals surface area contributed by atoms with Gasteiger partial charge in [-0.2, -0.15) is 10.5 Å². The highest BCUT2D eigenvalue weighted by atomic mass is 19.1. The zero-order valence-corrected chi connectivity index (χ0v) is 9.18. The topological polar surface area (TPSA) is 72.5 Å². The smallest absolute Gasteiger partial charge is 0.141 e. The third kappa shape index (κ3) is 2.42. The Bertz CT molecular complexity index is 650. The first kappa shape index (κ1) is 11.6. The van der Waals surface area contributed by atoms with Gasteiger partial charge in [-0.15, -0.1) is 0 Å². The first-order valence-corrected chi connectivity index (χ1v) is 5.06. The summed E-state index contributed by atoms with van der Waals surface area (Å²) < 4.78 is 13.1. The summed E-state index contributed by atoms with van der Waals surface area (Å²) in [6.45, 7) is 0. The van der Waals surface area contributed by atoms with Crippen molar-refractivity contribution < 1.29 is 4.39 Å². The summed E-state index contributed by atoms with van der Waals surface area (Å²) in [6, 6.07) is 11.1. The molecule has 1 N–H and O–H groups in total. The normalized spacial score (nSPS) is 9.28. The average Bonchev–Trinajstić information content (AvgIpc) is 2.42. The fourth-order valence-electron chi connectivity index (χ4n) is 1.37. The Morgan fingerprint density at radius 3 is 2.56 bits per heavy atom. The Morgan fingerprint density at radius 1 is 1.11 bits per heavy atom. The summed E-state index contributed by atoms with van der Waals surface area (Å²) in [4.78, 5) is 4.01. The first-order chi connectivity index (χ1) is 8.72. The van der Waals surface area contributed by atoms with E-state index in [9.17, 15) is 4.39 Å². The molecule has 1 heterocycles. The van der Waals surface area contributed by atoms with Crippen LogP contribution in [0, 0.1) is 28.5 Å². The van der Waals surface area contributed by atoms with Crippen LogP contribution in [0.25, 0.3) is 0 Å². The second kappa shape index (κ2) is 4.94. The predicted octanol–water partition coefficient (Wildman–Crippen LogP) is 2.71. The van der Waals surface area contributed by atoms with Crippen LogP contribution in [0.3, 0.4) is 0 Å². The van der Waals surface area contributed by atoms with Gasteiger partial charge in [-0.05, 0) is 30.3 Å². The van der Waals surface area contributed by atoms with Gasteiger partial charge in [-0.3, -0.25) is 0 Å². The molecule has 86 valence electrons. The average molecular weight is 238 g/mol. The second-order valence-corrected chi connectivity index (χ2v) is 3.48. The van der Waals surface area contributed by atoms with E-state index in [2.05, 4.69) is 10.3 Å². The van der Waals surface area contributed by atoms with Crippen molar-refractivity contribution in [1.82, 2.24) is 4.98 Å². The number of nitrogens with zero attached hydrogens (tertiary/aromatic N) is 3. The highest BCUT2D eigenvalue weighted by molar-refractivity contribution is 5.59. The molecule has 0 amide bonds. The van der Waals surface area contributed by atoms with Crippen LogP contribution in [0.1, 0.15) is 11.1 Å². The molecule has 0 bridgehead atoms. The number of halogens is 1. The monoisotopic (exact) mass is 238 g/mol. The van der Waals surface area contributed by atoms with E-state index in [0.29, 0.717) is 17.1 Å². The molecule has 0 aliphatic rings. The number of hydrogen-bond acceptors (Lipinski definition) is 4. The number of aromatic nitrogens is 1. The Labute approximate surface area is 103 Å². The lowest BCUT2D eigenvalue weighted by molar-refractivity contribution is 0.624. The van der Waals surface area contributed by atoms with Crippen LogP contribution < -0.4 is 5.32 Å². The van der Waals surface area contributed by atoms with Crippen LogP contribution in [0.4, 0.5) is 15.9 Å². The molecule has 0 saturated carbocycles. The van der Waals surface area contributed by atoms with Gasteiger partial charge in [0, 0.05) is 11.9 Å². The highest BCUT2D eigenvalue weighted by Gasteiger charge is 2.03. The Hall–Kier alpha value is -2.92. The molecule has 1 aromatic heterocycles. The van der Waals surface area contributed by atoms with E-state index in [1.165, 1.54) is 24.4 Å². The summed E-state index contributed by atoms with van der Waals surface area (Å²) in [7, 11) is 0. The predicted molar refractivity (Wildman–Crippen MR) is 63.3 cm³/mol. The van der Waals surface area contributed by atoms with Crippen LogP contribution in [0.2, 0.25) is 0 Å². The summed E-state index contributed by atoms with van der Waals surface area (Å²) in [5.74, 6) is -0.0414. The van der Waals surface area contributed by atoms with Crippen molar-refractivity contribution >= 4 is 11.5 Å². The standard InChI is InChI=1S/C13H7FN4/c14-12-3-2-11(5-10(12)7-16)18-13-4-1-9(6-15)8-17-13/h1-5,8H,(H,17,18). The van der Waals surface area contributed by atoms with E-state index in [4.69, 9.17) is 10.5 Å². The molecule has 0 fully saturated rings. The Balaban J connectivity index is 2.24. The quantitative estimate of drug-likeness (QED) is 0.872. The molecule has 0 saturated heterocycles. The molecular formula is C13H7FN4. The third-order valence-electron chi connectivity index (χ3n) is 2.25. The summed E-state index contributed by atoms with van der Waals surface area (Å²) in [5, 5.41) is 20.3. The molecule has 2 rings (SSSR count). The van der Waals surface area contributed by atoms with E-state index in [-0.39, 0.29) is 5.56 Å². The van der Waals surface area contributed by atoms with Gasteiger partial charge in [0.15, 0.2) is 0 Å². The van der Waals surface area contributed by atoms with Crippen LogP contribution >= 0.6 is 0 Å². The minimum absolute atomic E-state index is 0.0337. The molecule has 0 aliphatic heterocycles. The lowest BCUT2D eigenvalue weighted by Crippen LogP contribution is -1.95. The van der Waals surface area contributed by atoms with Crippen molar-refractivity contribution in [2.45, 2.75) is 0 Å². The molecule has 4 nitrogen and oxygen atoms in total. The largest absolute Gasteiger partial charge is 0.340 e. The van der Waals surface area contributed by atoms with Gasteiger partial charge in [-0.1, -0.05) is 0 Å². The minimum Gasteiger partial charge on any atom is -0.340 e. The number of benzene rings is 1. The number of pyridine rings is 1. The minimum atomic E-state index is -0.559. The summed E-state index contributed by atoms with van der Waals surface area (Å²) >= 11 is 0. The molecule has 5 heteroatoms. The van der Waals surface area contributed by atoms with Gasteiger partial charge in [0.25, 0.3) is 0 Å². The SMILES string of the molecule is N#Cc1ccc(Nc2ccc(F)c(C#N)c2)nc1. The first-order valence-electron chi connectivity index (χ1n) is 5.06. The van der Waals surface area contributed by atoms with Crippen molar-refractivity contribution in [2.24, 2.45) is 0 Å². The maximum absolute atomic E-state index is 13.1. The molecule has 2 aromatic rings. The lowest BCUT2D eigenvalue weighted by atomic mass is 10.2. The van der Waals surface area contributed by atoms with Gasteiger partial charge in [0.2, 0.25) is 0 Å². The van der Waals surface area contributed by atoms with Gasteiger partial charge < -0.3 is 5.32 Å². The van der Waals surface area contributed by atoms with Crippen molar-refractivity contribution in [3.05, 3.63) is 53.5 Å². The van der Waals surface area contributed by atoms with Crippen LogP contribution in [0.5, 0.6) is 0 Å². The molecule has 0 aliphatic carbocycles. The maximum Gasteiger partial charge on any atom is 0.141 e. The lowest BCUT2D eigenvalue weighted by Gasteiger charge is -2.05. The van der Waals surface area contributed by atoms with Gasteiger partial charge in [0.05, 0.1) is 11.1 Å². The van der Waals surface area contributed by atoms with E-state index in [0.717, 1.165) is 0 Å². The van der Waals surface area contributed by atoms with Gasteiger partial charge in [-0.25, -0.2) is 9.37 Å². The number of rotatable bonds is 2. The van der Waals surface area contributed by atoms with E-state index < -0.39 is 5.82 Å². The fourth-order valence-corrected chi connectivity index (χ4v) is 1.37. The maximum atomic E-state index is 13.1. The van der Waals surface area contributed by atoms with Crippen LogP contribution in [-0.2, 0) is 0 Å². The Morgan fingerprint density at radius 2 is 1.94 bits per heavy atom. The zero-order valence-electron chi connectivity index (χ0n) is 9.18. The van der Waals surface area contributed by atoms with Gasteiger partial charge in [0.1, 0.15) is 23.8 Å². The molecule has 18 heavy (non-hydrogen) atoms. The summed E-state index contributed by atoms with van der Waals surface area (Å²) in [5.41, 5.74) is 0.983. The van der Waals surface area contributed by atoms with Gasteiger partial charge >= 0.3 is 0 Å². The van der Waals surface area contributed by atoms with Crippen LogP contribution in [0.15, 0.2) is 36.5 Å². The number of nitrogens with one attached hydrogen (secondary N) is 1. The molecule has 1 aromatic carbocycles. The fraction of sp³-hybridized carbons (Fsp3) is 0. The summed E-state index contributed by atoms with van der Waals surface area (Å²) in [6.07, 6.45) is 1.43. The highest BCUT2D eigenvalue weighted by Crippen LogP contribution is 2.18. The number of anilines is 2. The van der Waals surface area contributed by atoms with Crippen molar-refractivity contribution in [3.8, 4) is 12.1 Å². The zero-order chi connectivity index (χ0) is 13.0. The molecule has 0 spiro atoms. The number of hydrogen-bond donors (Lipinski definition) is 1. The molecule has 0 atom stereocenters. The van der Waals surface area contributed by atoms with Crippen molar-refractivity contribution in [2.75, 3.05) is 5.32 Å². The molecular weight excluding hydrogens is 231 g/mol. The van der Waals surface area contributed by atoms with Crippen LogP contribution in [-0.4, -0.2) is 4.98 Å². The Kier molecular flexibility index (Phi) is 3.17. The van der Waals surface area contributed by atoms with Crippen molar-refractivity contribution in [3.63, 3.8) is 0 Å². The second-order valence-electron chi connectivity index (χ2n) is 3.48. The van der Waals surface area contributed by atoms with E-state index >= 15 is 0 Å². The van der Waals surface area contributed by atoms with E-state index in [1.54, 1.807) is 18.2 Å². The third-order valence-corrected chi connectivity index (χ3v) is 2.25. The van der Waals surface area contributed by atoms with E-state index in [1.807, 2.05) is 6.07 Å².